The second kappa shape index (κ2) is 1.72. The quantitative estimate of drug-likeness (QED) is 0.512. The van der Waals surface area contributed by atoms with Crippen molar-refractivity contribution in [2.24, 2.45) is 11.3 Å². The van der Waals surface area contributed by atoms with Crippen LogP contribution in [-0.4, -0.2) is 13.1 Å². The molecule has 1 radical (unpaired) electrons. The van der Waals surface area contributed by atoms with E-state index in [4.69, 9.17) is 0 Å². The molecule has 2 fully saturated rings. The average Bonchev–Trinajstić information content (AvgIpc) is 2.44. The van der Waals surface area contributed by atoms with E-state index in [-0.39, 0.29) is 0 Å². The van der Waals surface area contributed by atoms with Gasteiger partial charge in [-0.1, -0.05) is 0 Å². The molecule has 1 aliphatic carbocycles. The normalized spacial score (nSPS) is 39.0. The van der Waals surface area contributed by atoms with Crippen LogP contribution in [0.25, 0.3) is 0 Å². The molecule has 0 aromatic rings. The van der Waals surface area contributed by atoms with Gasteiger partial charge in [-0.05, 0) is 50.6 Å². The molecule has 0 aromatic carbocycles. The van der Waals surface area contributed by atoms with Gasteiger partial charge in [0.1, 0.15) is 0 Å². The predicted octanol–water partition coefficient (Wildman–Crippen LogP) is 1.21. The predicted molar refractivity (Wildman–Crippen MR) is 38.0 cm³/mol. The molecule has 1 nitrogen and oxygen atoms in total. The third kappa shape index (κ3) is 0.787. The van der Waals surface area contributed by atoms with E-state index >= 15 is 0 Å². The summed E-state index contributed by atoms with van der Waals surface area (Å²) in [6.07, 6.45) is 4.15. The van der Waals surface area contributed by atoms with Crippen molar-refractivity contribution in [3.05, 3.63) is 6.92 Å². The summed E-state index contributed by atoms with van der Waals surface area (Å²) in [6.45, 7) is 6.56. The first-order valence-corrected chi connectivity index (χ1v) is 3.87. The zero-order valence-corrected chi connectivity index (χ0v) is 5.82. The molecular formula is C8H14N. The molecule has 9 heavy (non-hydrogen) atoms. The maximum absolute atomic E-state index is 4.10. The molecule has 1 spiro atoms. The topological polar surface area (TPSA) is 12.0 Å². The number of nitrogens with one attached hydrogen (secondary N) is 1. The van der Waals surface area contributed by atoms with Gasteiger partial charge < -0.3 is 5.32 Å². The van der Waals surface area contributed by atoms with Crippen LogP contribution in [0.15, 0.2) is 0 Å². The summed E-state index contributed by atoms with van der Waals surface area (Å²) >= 11 is 0. The Labute approximate surface area is 56.8 Å². The van der Waals surface area contributed by atoms with E-state index in [0.717, 1.165) is 5.92 Å². The van der Waals surface area contributed by atoms with Crippen LogP contribution in [0.4, 0.5) is 0 Å². The summed E-state index contributed by atoms with van der Waals surface area (Å²) in [6, 6.07) is 0. The highest BCUT2D eigenvalue weighted by Gasteiger charge is 2.50. The first-order chi connectivity index (χ1) is 4.33. The lowest BCUT2D eigenvalue weighted by Crippen LogP contribution is -2.29. The third-order valence-electron chi connectivity index (χ3n) is 2.96. The van der Waals surface area contributed by atoms with E-state index in [2.05, 4.69) is 12.2 Å². The minimum Gasteiger partial charge on any atom is -0.317 e. The summed E-state index contributed by atoms with van der Waals surface area (Å²) in [4.78, 5) is 0. The van der Waals surface area contributed by atoms with Gasteiger partial charge in [-0.15, -0.1) is 0 Å². The Balaban J connectivity index is 1.97. The van der Waals surface area contributed by atoms with Crippen molar-refractivity contribution in [3.8, 4) is 0 Å². The zero-order valence-electron chi connectivity index (χ0n) is 5.82. The first kappa shape index (κ1) is 5.72. The van der Waals surface area contributed by atoms with E-state index in [1.807, 2.05) is 0 Å². The lowest BCUT2D eigenvalue weighted by molar-refractivity contribution is 0.336. The monoisotopic (exact) mass is 124 g/mol. The van der Waals surface area contributed by atoms with Crippen molar-refractivity contribution in [2.45, 2.75) is 19.3 Å². The SMILES string of the molecule is [CH2]C1CC12CCNCC2. The van der Waals surface area contributed by atoms with Gasteiger partial charge >= 0.3 is 0 Å². The number of hydrogen-bond donors (Lipinski definition) is 1. The fourth-order valence-electron chi connectivity index (χ4n) is 1.97. The van der Waals surface area contributed by atoms with Gasteiger partial charge in [0.15, 0.2) is 0 Å². The fraction of sp³-hybridized carbons (Fsp3) is 0.875. The fourth-order valence-corrected chi connectivity index (χ4v) is 1.97. The summed E-state index contributed by atoms with van der Waals surface area (Å²) < 4.78 is 0. The Morgan fingerprint density at radius 3 is 2.22 bits per heavy atom. The Hall–Kier alpha value is -0.0400. The Morgan fingerprint density at radius 2 is 1.89 bits per heavy atom. The highest BCUT2D eigenvalue weighted by molar-refractivity contribution is 5.05. The minimum absolute atomic E-state index is 0.714. The zero-order chi connectivity index (χ0) is 6.32. The van der Waals surface area contributed by atoms with Crippen LogP contribution in [0, 0.1) is 18.3 Å². The van der Waals surface area contributed by atoms with Crippen molar-refractivity contribution in [1.82, 2.24) is 5.32 Å². The van der Waals surface area contributed by atoms with Crippen LogP contribution in [0.3, 0.4) is 0 Å². The Morgan fingerprint density at radius 1 is 1.33 bits per heavy atom. The summed E-state index contributed by atoms with van der Waals surface area (Å²) in [5.74, 6) is 0.791. The molecule has 2 rings (SSSR count). The Kier molecular flexibility index (Phi) is 1.10. The van der Waals surface area contributed by atoms with Gasteiger partial charge in [-0.2, -0.15) is 0 Å². The van der Waals surface area contributed by atoms with E-state index in [1.54, 1.807) is 0 Å². The van der Waals surface area contributed by atoms with Gasteiger partial charge in [0, 0.05) is 0 Å². The molecule has 1 unspecified atom stereocenters. The highest BCUT2D eigenvalue weighted by Crippen LogP contribution is 2.57. The standard InChI is InChI=1S/C8H14N/c1-7-6-8(7)2-4-9-5-3-8/h7,9H,1-6H2. The summed E-state index contributed by atoms with van der Waals surface area (Å²) in [5.41, 5.74) is 0.714. The maximum Gasteiger partial charge on any atom is -0.00435 e. The molecular weight excluding hydrogens is 110 g/mol. The first-order valence-electron chi connectivity index (χ1n) is 3.87. The largest absolute Gasteiger partial charge is 0.317 e. The van der Waals surface area contributed by atoms with Crippen molar-refractivity contribution >= 4 is 0 Å². The van der Waals surface area contributed by atoms with Crippen molar-refractivity contribution in [2.75, 3.05) is 13.1 Å². The molecule has 1 saturated carbocycles. The van der Waals surface area contributed by atoms with E-state index < -0.39 is 0 Å². The molecule has 1 aliphatic heterocycles. The van der Waals surface area contributed by atoms with Crippen LogP contribution < -0.4 is 5.32 Å². The van der Waals surface area contributed by atoms with Crippen LogP contribution in [-0.2, 0) is 0 Å². The molecule has 0 aromatic heterocycles. The van der Waals surface area contributed by atoms with Crippen LogP contribution in [0.1, 0.15) is 19.3 Å². The van der Waals surface area contributed by atoms with Crippen molar-refractivity contribution < 1.29 is 0 Å². The van der Waals surface area contributed by atoms with Gasteiger partial charge in [0.2, 0.25) is 0 Å². The minimum atomic E-state index is 0.714. The smallest absolute Gasteiger partial charge is 0.00435 e. The Bertz CT molecular complexity index is 114. The second-order valence-corrected chi connectivity index (χ2v) is 3.51. The second-order valence-electron chi connectivity index (χ2n) is 3.51. The summed E-state index contributed by atoms with van der Waals surface area (Å²) in [5, 5.41) is 3.37. The van der Waals surface area contributed by atoms with E-state index in [1.165, 1.54) is 32.4 Å². The summed E-state index contributed by atoms with van der Waals surface area (Å²) in [7, 11) is 0. The van der Waals surface area contributed by atoms with Gasteiger partial charge in [0.25, 0.3) is 0 Å². The maximum atomic E-state index is 4.10. The molecule has 1 heterocycles. The van der Waals surface area contributed by atoms with Crippen LogP contribution in [0.5, 0.6) is 0 Å². The van der Waals surface area contributed by atoms with E-state index in [0.29, 0.717) is 5.41 Å². The average molecular weight is 124 g/mol. The molecule has 1 atom stereocenters. The lowest BCUT2D eigenvalue weighted by Gasteiger charge is -2.22. The number of rotatable bonds is 0. The third-order valence-corrected chi connectivity index (χ3v) is 2.96. The van der Waals surface area contributed by atoms with Gasteiger partial charge in [0.05, 0.1) is 0 Å². The molecule has 0 bridgehead atoms. The highest BCUT2D eigenvalue weighted by atomic mass is 14.9. The molecule has 1 saturated heterocycles. The molecule has 1 N–H and O–H groups in total. The number of piperidine rings is 1. The molecule has 1 heteroatoms. The van der Waals surface area contributed by atoms with Crippen molar-refractivity contribution in [1.29, 1.82) is 0 Å². The van der Waals surface area contributed by atoms with Gasteiger partial charge in [-0.3, -0.25) is 0 Å². The number of hydrogen-bond acceptors (Lipinski definition) is 1. The van der Waals surface area contributed by atoms with Crippen LogP contribution >= 0.6 is 0 Å². The van der Waals surface area contributed by atoms with Gasteiger partial charge in [-0.25, -0.2) is 0 Å². The van der Waals surface area contributed by atoms with Crippen molar-refractivity contribution in [3.63, 3.8) is 0 Å². The molecule has 2 aliphatic rings. The lowest BCUT2D eigenvalue weighted by atomic mass is 9.92. The molecule has 0 amide bonds. The molecule has 51 valence electrons. The van der Waals surface area contributed by atoms with Crippen LogP contribution in [0.2, 0.25) is 0 Å². The van der Waals surface area contributed by atoms with E-state index in [9.17, 15) is 0 Å².